The maximum absolute atomic E-state index is 5.97. The third kappa shape index (κ3) is 2.25. The molecular formula is C13H20BNO3. The van der Waals surface area contributed by atoms with Crippen LogP contribution in [0, 0.1) is 0 Å². The molecule has 1 fully saturated rings. The zero-order valence-corrected chi connectivity index (χ0v) is 11.7. The SMILES string of the molecule is CCOc1cccnc1B1OC(C)(C)C(C)(C)O1. The summed E-state index contributed by atoms with van der Waals surface area (Å²) in [5, 5.41) is 0. The first-order chi connectivity index (χ1) is 8.37. The van der Waals surface area contributed by atoms with E-state index in [1.807, 2.05) is 46.8 Å². The van der Waals surface area contributed by atoms with Crippen LogP contribution >= 0.6 is 0 Å². The lowest BCUT2D eigenvalue weighted by Crippen LogP contribution is -2.41. The summed E-state index contributed by atoms with van der Waals surface area (Å²) >= 11 is 0. The third-order valence-electron chi connectivity index (χ3n) is 3.58. The molecule has 0 bridgehead atoms. The first-order valence-corrected chi connectivity index (χ1v) is 6.31. The van der Waals surface area contributed by atoms with Crippen molar-refractivity contribution in [3.8, 4) is 5.75 Å². The topological polar surface area (TPSA) is 40.6 Å². The summed E-state index contributed by atoms with van der Waals surface area (Å²) < 4.78 is 17.5. The highest BCUT2D eigenvalue weighted by Crippen LogP contribution is 2.36. The Bertz CT molecular complexity index is 418. The van der Waals surface area contributed by atoms with E-state index < -0.39 is 7.12 Å². The van der Waals surface area contributed by atoms with Crippen LogP contribution in [0.15, 0.2) is 18.3 Å². The van der Waals surface area contributed by atoms with Crippen molar-refractivity contribution in [2.45, 2.75) is 45.8 Å². The molecule has 4 nitrogen and oxygen atoms in total. The summed E-state index contributed by atoms with van der Waals surface area (Å²) in [6, 6.07) is 3.73. The lowest BCUT2D eigenvalue weighted by atomic mass is 9.83. The zero-order valence-electron chi connectivity index (χ0n) is 11.7. The van der Waals surface area contributed by atoms with E-state index in [4.69, 9.17) is 14.0 Å². The van der Waals surface area contributed by atoms with E-state index in [9.17, 15) is 0 Å². The average Bonchev–Trinajstić information content (AvgIpc) is 2.49. The van der Waals surface area contributed by atoms with Gasteiger partial charge >= 0.3 is 7.12 Å². The summed E-state index contributed by atoms with van der Waals surface area (Å²) in [5.41, 5.74) is -0.0184. The maximum atomic E-state index is 5.97. The molecule has 0 amide bonds. The molecule has 0 saturated carbocycles. The molecule has 1 aliphatic rings. The lowest BCUT2D eigenvalue weighted by molar-refractivity contribution is 0.00578. The van der Waals surface area contributed by atoms with Gasteiger partial charge in [0.05, 0.1) is 17.8 Å². The van der Waals surface area contributed by atoms with Gasteiger partial charge in [0, 0.05) is 6.20 Å². The Morgan fingerprint density at radius 3 is 2.39 bits per heavy atom. The van der Waals surface area contributed by atoms with E-state index >= 15 is 0 Å². The van der Waals surface area contributed by atoms with Gasteiger partial charge in [-0.3, -0.25) is 4.98 Å². The minimum Gasteiger partial charge on any atom is -0.493 e. The smallest absolute Gasteiger partial charge is 0.493 e. The molecule has 2 heterocycles. The molecule has 0 N–H and O–H groups in total. The second-order valence-electron chi connectivity index (χ2n) is 5.41. The molecule has 1 aliphatic heterocycles. The predicted octanol–water partition coefficient (Wildman–Crippen LogP) is 1.78. The minimum atomic E-state index is -0.474. The molecule has 1 aromatic heterocycles. The fraction of sp³-hybridized carbons (Fsp3) is 0.615. The lowest BCUT2D eigenvalue weighted by Gasteiger charge is -2.32. The van der Waals surface area contributed by atoms with Crippen molar-refractivity contribution in [2.75, 3.05) is 6.61 Å². The second kappa shape index (κ2) is 4.55. The molecule has 98 valence electrons. The third-order valence-corrected chi connectivity index (χ3v) is 3.58. The molecule has 0 unspecified atom stereocenters. The summed E-state index contributed by atoms with van der Waals surface area (Å²) in [7, 11) is -0.474. The van der Waals surface area contributed by atoms with Crippen LogP contribution in [0.3, 0.4) is 0 Å². The van der Waals surface area contributed by atoms with Crippen molar-refractivity contribution < 1.29 is 14.0 Å². The first-order valence-electron chi connectivity index (χ1n) is 6.31. The molecule has 0 aromatic carbocycles. The first kappa shape index (κ1) is 13.4. The van der Waals surface area contributed by atoms with E-state index in [-0.39, 0.29) is 11.2 Å². The summed E-state index contributed by atoms with van der Waals surface area (Å²) in [5.74, 6) is 0.721. The Morgan fingerprint density at radius 2 is 1.83 bits per heavy atom. The van der Waals surface area contributed by atoms with Gasteiger partial charge in [-0.25, -0.2) is 0 Å². The number of ether oxygens (including phenoxy) is 1. The molecule has 1 aromatic rings. The van der Waals surface area contributed by atoms with Crippen molar-refractivity contribution >= 4 is 12.7 Å². The Labute approximate surface area is 109 Å². The number of pyridine rings is 1. The van der Waals surface area contributed by atoms with Crippen molar-refractivity contribution in [1.82, 2.24) is 4.98 Å². The van der Waals surface area contributed by atoms with E-state index in [1.54, 1.807) is 6.20 Å². The normalized spacial score (nSPS) is 21.1. The van der Waals surface area contributed by atoms with E-state index in [0.717, 1.165) is 5.75 Å². The van der Waals surface area contributed by atoms with E-state index in [0.29, 0.717) is 12.2 Å². The highest BCUT2D eigenvalue weighted by molar-refractivity contribution is 6.62. The van der Waals surface area contributed by atoms with Crippen LogP contribution < -0.4 is 10.3 Å². The molecule has 18 heavy (non-hydrogen) atoms. The number of hydrogen-bond acceptors (Lipinski definition) is 4. The van der Waals surface area contributed by atoms with Gasteiger partial charge in [0.1, 0.15) is 11.3 Å². The van der Waals surface area contributed by atoms with Crippen molar-refractivity contribution in [3.05, 3.63) is 18.3 Å². The van der Waals surface area contributed by atoms with Crippen molar-refractivity contribution in [3.63, 3.8) is 0 Å². The minimum absolute atomic E-state index is 0.362. The Hall–Kier alpha value is -1.07. The van der Waals surface area contributed by atoms with Crippen LogP contribution in [-0.2, 0) is 9.31 Å². The summed E-state index contributed by atoms with van der Waals surface area (Å²) in [6.07, 6.45) is 1.73. The summed E-state index contributed by atoms with van der Waals surface area (Å²) in [6.45, 7) is 10.6. The Balaban J connectivity index is 2.29. The highest BCUT2D eigenvalue weighted by Gasteiger charge is 2.53. The number of aromatic nitrogens is 1. The monoisotopic (exact) mass is 249 g/mol. The quantitative estimate of drug-likeness (QED) is 0.765. The van der Waals surface area contributed by atoms with E-state index in [2.05, 4.69) is 4.98 Å². The van der Waals surface area contributed by atoms with Crippen LogP contribution in [0.25, 0.3) is 0 Å². The Morgan fingerprint density at radius 1 is 1.22 bits per heavy atom. The average molecular weight is 249 g/mol. The van der Waals surface area contributed by atoms with Crippen LogP contribution in [0.5, 0.6) is 5.75 Å². The fourth-order valence-corrected chi connectivity index (χ4v) is 1.81. The van der Waals surface area contributed by atoms with Crippen LogP contribution in [0.2, 0.25) is 0 Å². The molecule has 1 saturated heterocycles. The largest absolute Gasteiger partial charge is 0.518 e. The van der Waals surface area contributed by atoms with Gasteiger partial charge in [-0.1, -0.05) is 0 Å². The molecule has 0 atom stereocenters. The Kier molecular flexibility index (Phi) is 3.38. The van der Waals surface area contributed by atoms with Gasteiger partial charge in [-0.2, -0.15) is 0 Å². The van der Waals surface area contributed by atoms with Crippen molar-refractivity contribution in [1.29, 1.82) is 0 Å². The summed E-state index contributed by atoms with van der Waals surface area (Å²) in [4.78, 5) is 4.34. The fourth-order valence-electron chi connectivity index (χ4n) is 1.81. The van der Waals surface area contributed by atoms with Crippen molar-refractivity contribution in [2.24, 2.45) is 0 Å². The van der Waals surface area contributed by atoms with Gasteiger partial charge in [0.15, 0.2) is 0 Å². The van der Waals surface area contributed by atoms with Gasteiger partial charge in [0.2, 0.25) is 0 Å². The van der Waals surface area contributed by atoms with Crippen LogP contribution in [0.1, 0.15) is 34.6 Å². The maximum Gasteiger partial charge on any atom is 0.518 e. The second-order valence-corrected chi connectivity index (χ2v) is 5.41. The van der Waals surface area contributed by atoms with Gasteiger partial charge in [-0.15, -0.1) is 0 Å². The number of nitrogens with zero attached hydrogens (tertiary/aromatic N) is 1. The van der Waals surface area contributed by atoms with Gasteiger partial charge in [-0.05, 0) is 46.8 Å². The standard InChI is InChI=1S/C13H20BNO3/c1-6-16-10-8-7-9-15-11(10)14-17-12(2,3)13(4,5)18-14/h7-9H,6H2,1-5H3. The van der Waals surface area contributed by atoms with Gasteiger partial charge < -0.3 is 14.0 Å². The number of rotatable bonds is 3. The predicted molar refractivity (Wildman–Crippen MR) is 71.1 cm³/mol. The molecule has 0 aliphatic carbocycles. The van der Waals surface area contributed by atoms with Crippen LogP contribution in [-0.4, -0.2) is 29.9 Å². The van der Waals surface area contributed by atoms with Gasteiger partial charge in [0.25, 0.3) is 0 Å². The highest BCUT2D eigenvalue weighted by atomic mass is 16.7. The van der Waals surface area contributed by atoms with Crippen LogP contribution in [0.4, 0.5) is 0 Å². The van der Waals surface area contributed by atoms with E-state index in [1.165, 1.54) is 0 Å². The molecule has 0 spiro atoms. The molecule has 2 rings (SSSR count). The zero-order chi connectivity index (χ0) is 13.4. The number of hydrogen-bond donors (Lipinski definition) is 0. The molecule has 0 radical (unpaired) electrons. The molecule has 5 heteroatoms. The molecular weight excluding hydrogens is 229 g/mol.